The molecule has 0 saturated carbocycles. The molecule has 1 aromatic carbocycles. The summed E-state index contributed by atoms with van der Waals surface area (Å²) in [6.07, 6.45) is 3.34. The first-order chi connectivity index (χ1) is 15.7. The Bertz CT molecular complexity index is 1070. The van der Waals surface area contributed by atoms with Crippen LogP contribution in [-0.4, -0.2) is 50.1 Å². The largest absolute Gasteiger partial charge is 0.451 e. The number of unbranched alkanes of at least 4 members (excludes halogenated alkanes) is 2. The van der Waals surface area contributed by atoms with E-state index in [0.29, 0.717) is 17.0 Å². The second-order valence-electron chi connectivity index (χ2n) is 7.38. The number of sulfonamides is 1. The van der Waals surface area contributed by atoms with Gasteiger partial charge in [0.25, 0.3) is 5.91 Å². The van der Waals surface area contributed by atoms with Crippen LogP contribution in [0.3, 0.4) is 0 Å². The van der Waals surface area contributed by atoms with E-state index in [0.717, 1.165) is 19.3 Å². The molecular weight excluding hydrogens is 452 g/mol. The highest BCUT2D eigenvalue weighted by molar-refractivity contribution is 7.89. The van der Waals surface area contributed by atoms with Crippen molar-refractivity contribution >= 4 is 28.2 Å². The smallest absolute Gasteiger partial charge is 0.288 e. The second kappa shape index (κ2) is 12.1. The Morgan fingerprint density at radius 2 is 1.97 bits per heavy atom. The maximum Gasteiger partial charge on any atom is 0.288 e. The number of amides is 3. The van der Waals surface area contributed by atoms with Crippen LogP contribution in [0.2, 0.25) is 0 Å². The van der Waals surface area contributed by atoms with Gasteiger partial charge in [0.15, 0.2) is 5.76 Å². The number of carbonyl (C=O) groups is 3. The summed E-state index contributed by atoms with van der Waals surface area (Å²) in [5.74, 6) is -1.40. The van der Waals surface area contributed by atoms with Crippen LogP contribution in [0.4, 0.5) is 0 Å². The van der Waals surface area contributed by atoms with Crippen molar-refractivity contribution in [3.63, 3.8) is 0 Å². The van der Waals surface area contributed by atoms with Gasteiger partial charge in [0.05, 0.1) is 24.0 Å². The summed E-state index contributed by atoms with van der Waals surface area (Å²) in [7, 11) is -3.89. The summed E-state index contributed by atoms with van der Waals surface area (Å²) in [5.41, 5.74) is 0.424. The maximum atomic E-state index is 12.4. The monoisotopic (exact) mass is 480 g/mol. The molecule has 0 aliphatic rings. The first kappa shape index (κ1) is 26.0. The van der Waals surface area contributed by atoms with Crippen LogP contribution >= 0.6 is 0 Å². The van der Waals surface area contributed by atoms with Crippen molar-refractivity contribution in [3.05, 3.63) is 42.2 Å². The fourth-order valence-corrected chi connectivity index (χ4v) is 3.66. The van der Waals surface area contributed by atoms with Crippen molar-refractivity contribution in [2.75, 3.05) is 13.2 Å². The summed E-state index contributed by atoms with van der Waals surface area (Å²) in [4.78, 5) is 35.3. The molecule has 0 bridgehead atoms. The molecule has 0 spiro atoms. The molecule has 12 heteroatoms. The molecule has 33 heavy (non-hydrogen) atoms. The third-order valence-electron chi connectivity index (χ3n) is 4.84. The van der Waals surface area contributed by atoms with E-state index in [9.17, 15) is 28.0 Å². The predicted molar refractivity (Wildman–Crippen MR) is 118 cm³/mol. The number of nitrogens with one attached hydrogen (secondary N) is 2. The molecule has 11 nitrogen and oxygen atoms in total. The lowest BCUT2D eigenvalue weighted by atomic mass is 10.0. The molecular formula is C21H28N4O7S. The topological polar surface area (TPSA) is 172 Å². The zero-order chi connectivity index (χ0) is 24.4. The van der Waals surface area contributed by atoms with Gasteiger partial charge in [-0.1, -0.05) is 38.3 Å². The molecule has 1 heterocycles. The Hall–Kier alpha value is -3.22. The number of nitrogens with two attached hydrogens (primary N) is 1. The highest BCUT2D eigenvalue weighted by atomic mass is 32.2. The third kappa shape index (κ3) is 8.00. The average Bonchev–Trinajstić information content (AvgIpc) is 3.28. The second-order valence-corrected chi connectivity index (χ2v) is 8.94. The van der Waals surface area contributed by atoms with Crippen molar-refractivity contribution in [1.29, 1.82) is 0 Å². The number of furan rings is 1. The highest BCUT2D eigenvalue weighted by Gasteiger charge is 2.21. The number of benzene rings is 1. The number of nitrogens with zero attached hydrogens (tertiary/aromatic N) is 1. The van der Waals surface area contributed by atoms with Crippen LogP contribution in [0, 0.1) is 5.92 Å². The first-order valence-electron chi connectivity index (χ1n) is 10.4. The van der Waals surface area contributed by atoms with Crippen molar-refractivity contribution in [1.82, 2.24) is 15.7 Å². The van der Waals surface area contributed by atoms with Crippen molar-refractivity contribution in [2.24, 2.45) is 11.1 Å². The summed E-state index contributed by atoms with van der Waals surface area (Å²) in [6.45, 7) is 1.68. The van der Waals surface area contributed by atoms with E-state index in [1.807, 2.05) is 6.92 Å². The third-order valence-corrected chi connectivity index (χ3v) is 5.76. The average molecular weight is 481 g/mol. The fraction of sp³-hybridized carbons (Fsp3) is 0.381. The van der Waals surface area contributed by atoms with Gasteiger partial charge in [0.2, 0.25) is 22.3 Å². The lowest BCUT2D eigenvalue weighted by Crippen LogP contribution is -2.42. The van der Waals surface area contributed by atoms with Gasteiger partial charge in [-0.25, -0.2) is 18.6 Å². The minimum Gasteiger partial charge on any atom is -0.451 e. The first-order valence-corrected chi connectivity index (χ1v) is 11.9. The lowest BCUT2D eigenvalue weighted by molar-refractivity contribution is -0.154. The molecule has 2 aromatic rings. The maximum absolute atomic E-state index is 12.4. The van der Waals surface area contributed by atoms with Crippen LogP contribution in [0.1, 0.15) is 43.2 Å². The Kier molecular flexibility index (Phi) is 9.57. The SMILES string of the molecule is CCCCCC(CN(O)C=O)C(=O)NCNC(=O)c1ccc(-c2cccc(S(N)(=O)=O)c2)o1. The van der Waals surface area contributed by atoms with Crippen LogP contribution in [0.15, 0.2) is 45.7 Å². The zero-order valence-corrected chi connectivity index (χ0v) is 19.0. The molecule has 3 amide bonds. The molecule has 0 fully saturated rings. The van der Waals surface area contributed by atoms with Gasteiger partial charge < -0.3 is 15.1 Å². The fourth-order valence-electron chi connectivity index (χ4n) is 3.10. The number of primary sulfonamides is 1. The molecule has 5 N–H and O–H groups in total. The quantitative estimate of drug-likeness (QED) is 0.110. The molecule has 0 aliphatic carbocycles. The minimum absolute atomic E-state index is 0.0396. The number of hydroxylamine groups is 2. The van der Waals surface area contributed by atoms with Crippen molar-refractivity contribution in [3.8, 4) is 11.3 Å². The van der Waals surface area contributed by atoms with Crippen LogP contribution in [0.25, 0.3) is 11.3 Å². The van der Waals surface area contributed by atoms with Crippen LogP contribution in [-0.2, 0) is 19.6 Å². The summed E-state index contributed by atoms with van der Waals surface area (Å²) in [6, 6.07) is 8.71. The van der Waals surface area contributed by atoms with Gasteiger partial charge >= 0.3 is 0 Å². The van der Waals surface area contributed by atoms with Gasteiger partial charge in [-0.05, 0) is 30.7 Å². The Balaban J connectivity index is 1.95. The standard InChI is InChI=1S/C21H28N4O7S/c1-2-3-4-6-16(12-25(29)14-26)20(27)23-13-24-21(28)19-10-9-18(32-19)15-7-5-8-17(11-15)33(22,30)31/h5,7-11,14,16,29H,2-4,6,12-13H2,1H3,(H,23,27)(H,24,28)(H2,22,30,31). The molecule has 1 atom stereocenters. The van der Waals surface area contributed by atoms with E-state index < -0.39 is 27.8 Å². The highest BCUT2D eigenvalue weighted by Crippen LogP contribution is 2.24. The number of hydrogen-bond acceptors (Lipinski definition) is 7. The Labute approximate surface area is 191 Å². The van der Waals surface area contributed by atoms with E-state index in [-0.39, 0.29) is 36.0 Å². The van der Waals surface area contributed by atoms with Gasteiger partial charge in [-0.15, -0.1) is 0 Å². The molecule has 1 unspecified atom stereocenters. The van der Waals surface area contributed by atoms with Crippen molar-refractivity contribution < 1.29 is 32.4 Å². The van der Waals surface area contributed by atoms with E-state index in [2.05, 4.69) is 10.6 Å². The van der Waals surface area contributed by atoms with E-state index in [4.69, 9.17) is 9.56 Å². The molecule has 0 radical (unpaired) electrons. The number of carbonyl (C=O) groups excluding carboxylic acids is 3. The molecule has 1 aromatic heterocycles. The van der Waals surface area contributed by atoms with Gasteiger partial charge in [-0.3, -0.25) is 19.6 Å². The van der Waals surface area contributed by atoms with E-state index >= 15 is 0 Å². The number of hydrogen-bond donors (Lipinski definition) is 4. The predicted octanol–water partition coefficient (Wildman–Crippen LogP) is 1.44. The lowest BCUT2D eigenvalue weighted by Gasteiger charge is -2.19. The summed E-state index contributed by atoms with van der Waals surface area (Å²) in [5, 5.41) is 20.0. The minimum atomic E-state index is -3.89. The normalized spacial score (nSPS) is 12.1. The summed E-state index contributed by atoms with van der Waals surface area (Å²) < 4.78 is 28.5. The van der Waals surface area contributed by atoms with Crippen LogP contribution < -0.4 is 15.8 Å². The molecule has 2 rings (SSSR count). The zero-order valence-electron chi connectivity index (χ0n) is 18.2. The van der Waals surface area contributed by atoms with Gasteiger partial charge in [-0.2, -0.15) is 0 Å². The summed E-state index contributed by atoms with van der Waals surface area (Å²) >= 11 is 0. The molecule has 0 aliphatic heterocycles. The van der Waals surface area contributed by atoms with Crippen molar-refractivity contribution in [2.45, 2.75) is 37.5 Å². The van der Waals surface area contributed by atoms with Crippen LogP contribution in [0.5, 0.6) is 0 Å². The van der Waals surface area contributed by atoms with E-state index in [1.165, 1.54) is 30.3 Å². The molecule has 180 valence electrons. The Morgan fingerprint density at radius 1 is 1.21 bits per heavy atom. The van der Waals surface area contributed by atoms with Gasteiger partial charge in [0, 0.05) is 5.56 Å². The molecule has 0 saturated heterocycles. The number of rotatable bonds is 13. The van der Waals surface area contributed by atoms with Gasteiger partial charge in [0.1, 0.15) is 5.76 Å². The van der Waals surface area contributed by atoms with E-state index in [1.54, 1.807) is 6.07 Å². The Morgan fingerprint density at radius 3 is 2.64 bits per heavy atom.